The zero-order chi connectivity index (χ0) is 12.6. The second-order valence-electron chi connectivity index (χ2n) is 4.15. The number of carbonyl (C=O) groups excluding carboxylic acids is 1. The molecule has 0 saturated carbocycles. The summed E-state index contributed by atoms with van der Waals surface area (Å²) in [5, 5.41) is -0.808. The molecule has 1 atom stereocenters. The minimum Gasteiger partial charge on any atom is -0.311 e. The van der Waals surface area contributed by atoms with Crippen LogP contribution in [0.4, 0.5) is 5.69 Å². The predicted molar refractivity (Wildman–Crippen MR) is 66.7 cm³/mol. The van der Waals surface area contributed by atoms with Crippen molar-refractivity contribution >= 4 is 31.3 Å². The lowest BCUT2D eigenvalue weighted by atomic mass is 10.2. The van der Waals surface area contributed by atoms with E-state index in [4.69, 9.17) is 10.7 Å². The van der Waals surface area contributed by atoms with Gasteiger partial charge in [-0.1, -0.05) is 12.1 Å². The summed E-state index contributed by atoms with van der Waals surface area (Å²) in [6, 6.07) is 7.38. The molecular formula is C11H12ClNO3S. The van der Waals surface area contributed by atoms with Crippen molar-refractivity contribution in [2.45, 2.75) is 18.6 Å². The van der Waals surface area contributed by atoms with Crippen LogP contribution in [0.15, 0.2) is 24.3 Å². The van der Waals surface area contributed by atoms with Crippen molar-refractivity contribution in [2.75, 3.05) is 11.4 Å². The Morgan fingerprint density at radius 1 is 1.41 bits per heavy atom. The van der Waals surface area contributed by atoms with Crippen LogP contribution in [0.1, 0.15) is 12.0 Å². The first-order valence-electron chi connectivity index (χ1n) is 5.18. The average Bonchev–Trinajstić information content (AvgIpc) is 2.60. The fourth-order valence-electron chi connectivity index (χ4n) is 1.91. The second-order valence-corrected chi connectivity index (χ2v) is 7.05. The van der Waals surface area contributed by atoms with Gasteiger partial charge in [-0.3, -0.25) is 4.79 Å². The highest BCUT2D eigenvalue weighted by molar-refractivity contribution is 8.14. The van der Waals surface area contributed by atoms with Gasteiger partial charge in [-0.25, -0.2) is 8.42 Å². The highest BCUT2D eigenvalue weighted by atomic mass is 35.7. The molecular weight excluding hydrogens is 262 g/mol. The first-order chi connectivity index (χ1) is 7.88. The van der Waals surface area contributed by atoms with E-state index in [1.54, 1.807) is 6.07 Å². The third-order valence-corrected chi connectivity index (χ3v) is 4.67. The molecule has 0 aliphatic carbocycles. The molecule has 6 heteroatoms. The smallest absolute Gasteiger partial charge is 0.237 e. The fourth-order valence-corrected chi connectivity index (χ4v) is 2.94. The van der Waals surface area contributed by atoms with Crippen molar-refractivity contribution in [1.29, 1.82) is 0 Å². The van der Waals surface area contributed by atoms with Gasteiger partial charge in [0, 0.05) is 29.3 Å². The molecule has 1 fully saturated rings. The molecule has 1 amide bonds. The lowest BCUT2D eigenvalue weighted by molar-refractivity contribution is -0.117. The molecule has 1 saturated heterocycles. The van der Waals surface area contributed by atoms with Crippen molar-refractivity contribution < 1.29 is 13.2 Å². The van der Waals surface area contributed by atoms with Crippen LogP contribution >= 0.6 is 10.7 Å². The number of amides is 1. The Labute approximate surface area is 105 Å². The first kappa shape index (κ1) is 12.4. The summed E-state index contributed by atoms with van der Waals surface area (Å²) < 4.78 is 22.4. The molecule has 1 aliphatic rings. The van der Waals surface area contributed by atoms with Gasteiger partial charge in [0.15, 0.2) is 0 Å². The Morgan fingerprint density at radius 2 is 2.12 bits per heavy atom. The largest absolute Gasteiger partial charge is 0.311 e. The van der Waals surface area contributed by atoms with Crippen LogP contribution in [-0.4, -0.2) is 26.1 Å². The van der Waals surface area contributed by atoms with Gasteiger partial charge in [0.25, 0.3) is 0 Å². The summed E-state index contributed by atoms with van der Waals surface area (Å²) in [6.07, 6.45) is -0.0419. The Balaban J connectivity index is 2.28. The summed E-state index contributed by atoms with van der Waals surface area (Å²) in [4.78, 5) is 13.2. The Bertz CT molecular complexity index is 556. The average molecular weight is 274 g/mol. The zero-order valence-electron chi connectivity index (χ0n) is 9.26. The molecule has 0 N–H and O–H groups in total. The SMILES string of the molecule is Cc1cccc(N2CC(S(=O)(=O)Cl)CC2=O)c1. The maximum atomic E-state index is 11.7. The van der Waals surface area contributed by atoms with Crippen molar-refractivity contribution in [3.63, 3.8) is 0 Å². The minimum absolute atomic E-state index is 0.0419. The quantitative estimate of drug-likeness (QED) is 0.770. The summed E-state index contributed by atoms with van der Waals surface area (Å²) >= 11 is 0. The lowest BCUT2D eigenvalue weighted by Gasteiger charge is -2.16. The molecule has 4 nitrogen and oxygen atoms in total. The molecule has 0 bridgehead atoms. The molecule has 2 rings (SSSR count). The van der Waals surface area contributed by atoms with E-state index >= 15 is 0 Å². The highest BCUT2D eigenvalue weighted by Gasteiger charge is 2.37. The predicted octanol–water partition coefficient (Wildman–Crippen LogP) is 1.67. The summed E-state index contributed by atoms with van der Waals surface area (Å²) in [5.74, 6) is -0.204. The van der Waals surface area contributed by atoms with Gasteiger partial charge in [0.05, 0.1) is 0 Å². The molecule has 92 valence electrons. The van der Waals surface area contributed by atoms with Gasteiger partial charge < -0.3 is 4.90 Å². The van der Waals surface area contributed by atoms with E-state index in [-0.39, 0.29) is 18.9 Å². The molecule has 0 radical (unpaired) electrons. The standard InChI is InChI=1S/C11H12ClNO3S/c1-8-3-2-4-9(5-8)13-7-10(6-11(13)14)17(12,15)16/h2-5,10H,6-7H2,1H3. The topological polar surface area (TPSA) is 54.5 Å². The maximum Gasteiger partial charge on any atom is 0.237 e. The summed E-state index contributed by atoms with van der Waals surface area (Å²) in [5.41, 5.74) is 1.74. The van der Waals surface area contributed by atoms with Crippen LogP contribution in [0.3, 0.4) is 0 Å². The van der Waals surface area contributed by atoms with E-state index in [0.717, 1.165) is 11.3 Å². The number of halogens is 1. The van der Waals surface area contributed by atoms with E-state index in [0.29, 0.717) is 0 Å². The maximum absolute atomic E-state index is 11.7. The summed E-state index contributed by atoms with van der Waals surface area (Å²) in [6.45, 7) is 2.05. The van der Waals surface area contributed by atoms with E-state index in [1.807, 2.05) is 25.1 Å². The van der Waals surface area contributed by atoms with Gasteiger partial charge in [-0.15, -0.1) is 0 Å². The van der Waals surface area contributed by atoms with Crippen molar-refractivity contribution in [3.8, 4) is 0 Å². The number of hydrogen-bond donors (Lipinski definition) is 0. The molecule has 1 heterocycles. The summed E-state index contributed by atoms with van der Waals surface area (Å²) in [7, 11) is 1.61. The third-order valence-electron chi connectivity index (χ3n) is 2.80. The normalized spacial score (nSPS) is 20.9. The second kappa shape index (κ2) is 4.31. The number of carbonyl (C=O) groups is 1. The van der Waals surface area contributed by atoms with E-state index in [1.165, 1.54) is 4.90 Å². The molecule has 1 aromatic rings. The molecule has 1 unspecified atom stereocenters. The molecule has 1 aliphatic heterocycles. The van der Waals surface area contributed by atoms with Crippen LogP contribution in [0.2, 0.25) is 0 Å². The van der Waals surface area contributed by atoms with Gasteiger partial charge >= 0.3 is 0 Å². The van der Waals surface area contributed by atoms with E-state index in [9.17, 15) is 13.2 Å². The van der Waals surface area contributed by atoms with Crippen LogP contribution in [0, 0.1) is 6.92 Å². The molecule has 0 aromatic heterocycles. The number of hydrogen-bond acceptors (Lipinski definition) is 3. The van der Waals surface area contributed by atoms with Crippen LogP contribution in [0.5, 0.6) is 0 Å². The highest BCUT2D eigenvalue weighted by Crippen LogP contribution is 2.26. The Hall–Kier alpha value is -1.07. The van der Waals surface area contributed by atoms with E-state index < -0.39 is 14.3 Å². The molecule has 17 heavy (non-hydrogen) atoms. The molecule has 1 aromatic carbocycles. The van der Waals surface area contributed by atoms with Gasteiger partial charge in [-0.05, 0) is 24.6 Å². The van der Waals surface area contributed by atoms with Crippen molar-refractivity contribution in [3.05, 3.63) is 29.8 Å². The van der Waals surface area contributed by atoms with Gasteiger partial charge in [0.2, 0.25) is 15.0 Å². The van der Waals surface area contributed by atoms with Crippen molar-refractivity contribution in [1.82, 2.24) is 0 Å². The number of anilines is 1. The number of benzene rings is 1. The van der Waals surface area contributed by atoms with Crippen LogP contribution < -0.4 is 4.90 Å². The zero-order valence-corrected chi connectivity index (χ0v) is 10.8. The van der Waals surface area contributed by atoms with Gasteiger partial charge in [0.1, 0.15) is 5.25 Å². The Kier molecular flexibility index (Phi) is 3.14. The van der Waals surface area contributed by atoms with Crippen LogP contribution in [0.25, 0.3) is 0 Å². The third kappa shape index (κ3) is 2.61. The number of aryl methyl sites for hydroxylation is 1. The minimum atomic E-state index is -3.68. The monoisotopic (exact) mass is 273 g/mol. The number of nitrogens with zero attached hydrogens (tertiary/aromatic N) is 1. The first-order valence-corrected chi connectivity index (χ1v) is 7.55. The Morgan fingerprint density at radius 3 is 2.65 bits per heavy atom. The lowest BCUT2D eigenvalue weighted by Crippen LogP contribution is -2.26. The number of rotatable bonds is 2. The van der Waals surface area contributed by atoms with Gasteiger partial charge in [-0.2, -0.15) is 0 Å². The van der Waals surface area contributed by atoms with Crippen LogP contribution in [-0.2, 0) is 13.8 Å². The van der Waals surface area contributed by atoms with Crippen molar-refractivity contribution in [2.24, 2.45) is 0 Å². The fraction of sp³-hybridized carbons (Fsp3) is 0.364. The van der Waals surface area contributed by atoms with E-state index in [2.05, 4.69) is 0 Å². The molecule has 0 spiro atoms.